The lowest BCUT2D eigenvalue weighted by atomic mass is 9.80. The molecule has 5 heteroatoms. The van der Waals surface area contributed by atoms with Gasteiger partial charge in [0.1, 0.15) is 18.2 Å². The van der Waals surface area contributed by atoms with Crippen molar-refractivity contribution in [2.45, 2.75) is 37.0 Å². The third-order valence-electron chi connectivity index (χ3n) is 5.14. The van der Waals surface area contributed by atoms with Crippen molar-refractivity contribution in [1.29, 1.82) is 0 Å². The number of aromatic nitrogens is 2. The summed E-state index contributed by atoms with van der Waals surface area (Å²) in [5.41, 5.74) is 2.75. The number of aliphatic hydroxyl groups is 2. The van der Waals surface area contributed by atoms with Gasteiger partial charge in [-0.25, -0.2) is 9.97 Å². The zero-order chi connectivity index (χ0) is 18.6. The zero-order valence-electron chi connectivity index (χ0n) is 14.9. The highest BCUT2D eigenvalue weighted by atomic mass is 16.3. The topological polar surface area (TPSA) is 78.3 Å². The first-order chi connectivity index (χ1) is 13.2. The maximum absolute atomic E-state index is 11.0. The minimum Gasteiger partial charge on any atom is -0.393 e. The quantitative estimate of drug-likeness (QED) is 0.625. The van der Waals surface area contributed by atoms with Crippen molar-refractivity contribution in [3.63, 3.8) is 0 Å². The molecule has 2 aromatic carbocycles. The normalized spacial score (nSPS) is 21.1. The third kappa shape index (κ3) is 3.99. The minimum absolute atomic E-state index is 0.224. The van der Waals surface area contributed by atoms with Crippen LogP contribution < -0.4 is 5.32 Å². The molecule has 1 aliphatic rings. The number of anilines is 1. The van der Waals surface area contributed by atoms with E-state index in [2.05, 4.69) is 15.3 Å². The Bertz CT molecular complexity index is 867. The van der Waals surface area contributed by atoms with Crippen LogP contribution in [-0.2, 0) is 0 Å². The van der Waals surface area contributed by atoms with Gasteiger partial charge in [-0.15, -0.1) is 0 Å². The average molecular weight is 361 g/mol. The first-order valence-electron chi connectivity index (χ1n) is 9.25. The molecule has 0 unspecified atom stereocenters. The van der Waals surface area contributed by atoms with Gasteiger partial charge < -0.3 is 15.5 Å². The van der Waals surface area contributed by atoms with Crippen LogP contribution in [0, 0.1) is 0 Å². The predicted molar refractivity (Wildman–Crippen MR) is 104 cm³/mol. The SMILES string of the molecule is OC1CC(c2cc(N[C@@H](c3ccccc3)[C@H](O)c3ccccc3)ncn2)C1. The fourth-order valence-corrected chi connectivity index (χ4v) is 3.51. The van der Waals surface area contributed by atoms with Gasteiger partial charge in [-0.1, -0.05) is 60.7 Å². The number of hydrogen-bond donors (Lipinski definition) is 3. The largest absolute Gasteiger partial charge is 0.393 e. The van der Waals surface area contributed by atoms with E-state index in [1.54, 1.807) is 6.33 Å². The monoisotopic (exact) mass is 361 g/mol. The van der Waals surface area contributed by atoms with E-state index in [1.165, 1.54) is 0 Å². The average Bonchev–Trinajstić information content (AvgIpc) is 2.71. The van der Waals surface area contributed by atoms with Gasteiger partial charge in [0.15, 0.2) is 0 Å². The van der Waals surface area contributed by atoms with Crippen LogP contribution in [0.5, 0.6) is 0 Å². The Hall–Kier alpha value is -2.76. The first kappa shape index (κ1) is 17.6. The van der Waals surface area contributed by atoms with Gasteiger partial charge in [-0.3, -0.25) is 0 Å². The highest BCUT2D eigenvalue weighted by molar-refractivity contribution is 5.42. The highest BCUT2D eigenvalue weighted by Crippen LogP contribution is 2.37. The van der Waals surface area contributed by atoms with Gasteiger partial charge in [-0.05, 0) is 24.0 Å². The van der Waals surface area contributed by atoms with E-state index >= 15 is 0 Å². The number of aliphatic hydroxyl groups excluding tert-OH is 2. The fraction of sp³-hybridized carbons (Fsp3) is 0.273. The van der Waals surface area contributed by atoms with E-state index < -0.39 is 6.10 Å². The van der Waals surface area contributed by atoms with Crippen LogP contribution in [0.15, 0.2) is 73.1 Å². The van der Waals surface area contributed by atoms with Crippen LogP contribution in [0.2, 0.25) is 0 Å². The van der Waals surface area contributed by atoms with Gasteiger partial charge in [0, 0.05) is 17.7 Å². The van der Waals surface area contributed by atoms with Crippen molar-refractivity contribution in [2.24, 2.45) is 0 Å². The van der Waals surface area contributed by atoms with Crippen molar-refractivity contribution in [3.05, 3.63) is 89.9 Å². The van der Waals surface area contributed by atoms with Crippen LogP contribution in [0.3, 0.4) is 0 Å². The summed E-state index contributed by atoms with van der Waals surface area (Å²) in [6.07, 6.45) is 2.08. The molecule has 4 rings (SSSR count). The molecule has 0 spiro atoms. The molecule has 0 aliphatic heterocycles. The van der Waals surface area contributed by atoms with E-state index in [-0.39, 0.29) is 18.1 Å². The van der Waals surface area contributed by atoms with Crippen molar-refractivity contribution in [1.82, 2.24) is 9.97 Å². The second-order valence-corrected chi connectivity index (χ2v) is 7.04. The van der Waals surface area contributed by atoms with Crippen LogP contribution in [0.1, 0.15) is 47.7 Å². The van der Waals surface area contributed by atoms with Crippen molar-refractivity contribution < 1.29 is 10.2 Å². The van der Waals surface area contributed by atoms with E-state index in [4.69, 9.17) is 0 Å². The van der Waals surface area contributed by atoms with E-state index in [9.17, 15) is 10.2 Å². The first-order valence-corrected chi connectivity index (χ1v) is 9.25. The molecule has 5 nitrogen and oxygen atoms in total. The Morgan fingerprint density at radius 3 is 2.15 bits per heavy atom. The lowest BCUT2D eigenvalue weighted by Gasteiger charge is -2.31. The maximum atomic E-state index is 11.0. The maximum Gasteiger partial charge on any atom is 0.130 e. The van der Waals surface area contributed by atoms with E-state index in [1.807, 2.05) is 66.7 Å². The lowest BCUT2D eigenvalue weighted by molar-refractivity contribution is 0.0732. The zero-order valence-corrected chi connectivity index (χ0v) is 14.9. The molecule has 1 aromatic heterocycles. The molecule has 27 heavy (non-hydrogen) atoms. The Morgan fingerprint density at radius 1 is 0.889 bits per heavy atom. The summed E-state index contributed by atoms with van der Waals surface area (Å²) in [5.74, 6) is 0.947. The molecule has 0 radical (unpaired) electrons. The van der Waals surface area contributed by atoms with Gasteiger partial charge in [0.05, 0.1) is 12.1 Å². The molecule has 1 aliphatic carbocycles. The Labute approximate surface area is 158 Å². The summed E-state index contributed by atoms with van der Waals surface area (Å²) in [4.78, 5) is 8.70. The second kappa shape index (κ2) is 7.86. The van der Waals surface area contributed by atoms with Crippen LogP contribution in [-0.4, -0.2) is 26.3 Å². The van der Waals surface area contributed by atoms with Gasteiger partial charge in [0.2, 0.25) is 0 Å². The number of nitrogens with zero attached hydrogens (tertiary/aromatic N) is 2. The molecule has 0 saturated heterocycles. The van der Waals surface area contributed by atoms with Crippen LogP contribution >= 0.6 is 0 Å². The van der Waals surface area contributed by atoms with E-state index in [0.29, 0.717) is 5.82 Å². The Kier molecular flexibility index (Phi) is 5.14. The van der Waals surface area contributed by atoms with Gasteiger partial charge in [-0.2, -0.15) is 0 Å². The summed E-state index contributed by atoms with van der Waals surface area (Å²) < 4.78 is 0. The molecule has 1 fully saturated rings. The minimum atomic E-state index is -0.724. The summed E-state index contributed by atoms with van der Waals surface area (Å²) >= 11 is 0. The number of nitrogens with one attached hydrogen (secondary N) is 1. The summed E-state index contributed by atoms with van der Waals surface area (Å²) in [7, 11) is 0. The summed E-state index contributed by atoms with van der Waals surface area (Å²) in [6.45, 7) is 0. The molecule has 138 valence electrons. The standard InChI is InChI=1S/C22H23N3O2/c26-18-11-17(12-18)19-13-20(24-14-23-19)25-21(15-7-3-1-4-8-15)22(27)16-9-5-2-6-10-16/h1-10,13-14,17-18,21-22,26-27H,11-12H2,(H,23,24,25)/t17?,18?,21-,22+/m0/s1. The molecular formula is C22H23N3O2. The second-order valence-electron chi connectivity index (χ2n) is 7.04. The number of hydrogen-bond acceptors (Lipinski definition) is 5. The summed E-state index contributed by atoms with van der Waals surface area (Å²) in [5, 5.41) is 24.0. The molecule has 1 heterocycles. The molecule has 3 aromatic rings. The third-order valence-corrected chi connectivity index (χ3v) is 5.14. The smallest absolute Gasteiger partial charge is 0.130 e. The Balaban J connectivity index is 1.61. The molecule has 0 bridgehead atoms. The van der Waals surface area contributed by atoms with Gasteiger partial charge in [0.25, 0.3) is 0 Å². The van der Waals surface area contributed by atoms with Crippen LogP contribution in [0.25, 0.3) is 0 Å². The molecule has 2 atom stereocenters. The number of benzene rings is 2. The van der Waals surface area contributed by atoms with Crippen molar-refractivity contribution in [2.75, 3.05) is 5.32 Å². The van der Waals surface area contributed by atoms with Crippen LogP contribution in [0.4, 0.5) is 5.82 Å². The lowest BCUT2D eigenvalue weighted by Crippen LogP contribution is -2.27. The van der Waals surface area contributed by atoms with Crippen molar-refractivity contribution in [3.8, 4) is 0 Å². The summed E-state index contributed by atoms with van der Waals surface area (Å²) in [6, 6.07) is 21.1. The predicted octanol–water partition coefficient (Wildman–Crippen LogP) is 3.60. The Morgan fingerprint density at radius 2 is 1.52 bits per heavy atom. The molecule has 1 saturated carbocycles. The fourth-order valence-electron chi connectivity index (χ4n) is 3.51. The van der Waals surface area contributed by atoms with Crippen molar-refractivity contribution >= 4 is 5.82 Å². The van der Waals surface area contributed by atoms with E-state index in [0.717, 1.165) is 29.7 Å². The molecular weight excluding hydrogens is 338 g/mol. The number of rotatable bonds is 6. The van der Waals surface area contributed by atoms with Gasteiger partial charge >= 0.3 is 0 Å². The molecule has 0 amide bonds. The molecule has 3 N–H and O–H groups in total. The highest BCUT2D eigenvalue weighted by Gasteiger charge is 2.30.